The molecule has 0 saturated heterocycles. The SMILES string of the molecule is CCOc1ccc(C(CSCCC(=O)OC)NC)cc1. The summed E-state index contributed by atoms with van der Waals surface area (Å²) < 4.78 is 10.1. The fraction of sp³-hybridized carbons (Fsp3) is 0.533. The predicted octanol–water partition coefficient (Wildman–Crippen LogP) is 2.64. The number of carbonyl (C=O) groups excluding carboxylic acids is 1. The third-order valence-corrected chi connectivity index (χ3v) is 3.97. The Morgan fingerprint density at radius 2 is 2.05 bits per heavy atom. The highest BCUT2D eigenvalue weighted by Gasteiger charge is 2.10. The molecule has 5 heteroatoms. The molecule has 0 amide bonds. The molecule has 1 aromatic rings. The average Bonchev–Trinajstić information content (AvgIpc) is 2.48. The van der Waals surface area contributed by atoms with Gasteiger partial charge in [-0.25, -0.2) is 0 Å². The van der Waals surface area contributed by atoms with E-state index in [1.54, 1.807) is 11.8 Å². The van der Waals surface area contributed by atoms with Gasteiger partial charge in [-0.15, -0.1) is 0 Å². The first-order chi connectivity index (χ1) is 9.71. The van der Waals surface area contributed by atoms with Gasteiger partial charge in [0.1, 0.15) is 5.75 Å². The van der Waals surface area contributed by atoms with Crippen molar-refractivity contribution < 1.29 is 14.3 Å². The van der Waals surface area contributed by atoms with Crippen LogP contribution in [0.4, 0.5) is 0 Å². The quantitative estimate of drug-likeness (QED) is 0.561. The number of nitrogens with one attached hydrogen (secondary N) is 1. The van der Waals surface area contributed by atoms with Crippen molar-refractivity contribution in [3.05, 3.63) is 29.8 Å². The fourth-order valence-corrected chi connectivity index (χ4v) is 2.84. The van der Waals surface area contributed by atoms with E-state index in [1.165, 1.54) is 12.7 Å². The van der Waals surface area contributed by atoms with Crippen LogP contribution in [-0.2, 0) is 9.53 Å². The summed E-state index contributed by atoms with van der Waals surface area (Å²) in [5, 5.41) is 3.29. The van der Waals surface area contributed by atoms with Crippen LogP contribution in [0.3, 0.4) is 0 Å². The monoisotopic (exact) mass is 297 g/mol. The maximum absolute atomic E-state index is 11.0. The van der Waals surface area contributed by atoms with E-state index in [0.717, 1.165) is 17.3 Å². The standard InChI is InChI=1S/C15H23NO3S/c1-4-19-13-7-5-12(6-8-13)14(16-2)11-20-10-9-15(17)18-3/h5-8,14,16H,4,9-11H2,1-3H3. The van der Waals surface area contributed by atoms with Crippen LogP contribution in [-0.4, -0.2) is 38.2 Å². The zero-order valence-electron chi connectivity index (χ0n) is 12.3. The predicted molar refractivity (Wildman–Crippen MR) is 83.4 cm³/mol. The lowest BCUT2D eigenvalue weighted by Crippen LogP contribution is -2.19. The lowest BCUT2D eigenvalue weighted by Gasteiger charge is -2.16. The van der Waals surface area contributed by atoms with Gasteiger partial charge >= 0.3 is 5.97 Å². The molecular formula is C15H23NO3S. The summed E-state index contributed by atoms with van der Waals surface area (Å²) in [6.45, 7) is 2.65. The molecule has 4 nitrogen and oxygen atoms in total. The molecule has 0 bridgehead atoms. The van der Waals surface area contributed by atoms with Gasteiger partial charge in [0.25, 0.3) is 0 Å². The van der Waals surface area contributed by atoms with Crippen LogP contribution in [0, 0.1) is 0 Å². The molecule has 0 saturated carbocycles. The zero-order chi connectivity index (χ0) is 14.8. The summed E-state index contributed by atoms with van der Waals surface area (Å²) in [6, 6.07) is 8.40. The molecule has 0 radical (unpaired) electrons. The molecule has 1 unspecified atom stereocenters. The van der Waals surface area contributed by atoms with Crippen LogP contribution in [0.1, 0.15) is 24.9 Å². The molecule has 1 aromatic carbocycles. The number of benzene rings is 1. The molecule has 1 atom stereocenters. The minimum absolute atomic E-state index is 0.153. The van der Waals surface area contributed by atoms with Gasteiger partial charge in [0, 0.05) is 17.5 Å². The van der Waals surface area contributed by atoms with Crippen molar-refractivity contribution >= 4 is 17.7 Å². The highest BCUT2D eigenvalue weighted by molar-refractivity contribution is 7.99. The van der Waals surface area contributed by atoms with Gasteiger partial charge in [0.15, 0.2) is 0 Å². The van der Waals surface area contributed by atoms with Crippen LogP contribution >= 0.6 is 11.8 Å². The Labute approximate surface area is 125 Å². The zero-order valence-corrected chi connectivity index (χ0v) is 13.2. The van der Waals surface area contributed by atoms with Crippen LogP contribution < -0.4 is 10.1 Å². The van der Waals surface area contributed by atoms with Crippen LogP contribution in [0.2, 0.25) is 0 Å². The molecule has 0 aliphatic rings. The van der Waals surface area contributed by atoms with Crippen molar-refractivity contribution in [3.8, 4) is 5.75 Å². The molecule has 1 rings (SSSR count). The van der Waals surface area contributed by atoms with E-state index in [4.69, 9.17) is 4.74 Å². The van der Waals surface area contributed by atoms with Gasteiger partial charge in [-0.1, -0.05) is 12.1 Å². The normalized spacial score (nSPS) is 11.9. The molecule has 20 heavy (non-hydrogen) atoms. The second kappa shape index (κ2) is 9.66. The second-order valence-corrected chi connectivity index (χ2v) is 5.39. The highest BCUT2D eigenvalue weighted by atomic mass is 32.2. The number of ether oxygens (including phenoxy) is 2. The average molecular weight is 297 g/mol. The number of methoxy groups -OCH3 is 1. The number of esters is 1. The molecule has 0 spiro atoms. The Hall–Kier alpha value is -1.20. The van der Waals surface area contributed by atoms with Gasteiger partial charge in [-0.05, 0) is 31.7 Å². The van der Waals surface area contributed by atoms with Crippen molar-refractivity contribution in [1.82, 2.24) is 5.32 Å². The molecular weight excluding hydrogens is 274 g/mol. The van der Waals surface area contributed by atoms with E-state index in [1.807, 2.05) is 26.1 Å². The van der Waals surface area contributed by atoms with Gasteiger partial charge in [0.2, 0.25) is 0 Å². The van der Waals surface area contributed by atoms with Gasteiger partial charge < -0.3 is 14.8 Å². The molecule has 1 N–H and O–H groups in total. The minimum Gasteiger partial charge on any atom is -0.494 e. The maximum atomic E-state index is 11.0. The van der Waals surface area contributed by atoms with Gasteiger partial charge in [-0.2, -0.15) is 11.8 Å². The summed E-state index contributed by atoms with van der Waals surface area (Å²) in [7, 11) is 3.37. The number of thioether (sulfide) groups is 1. The third-order valence-electron chi connectivity index (χ3n) is 2.90. The highest BCUT2D eigenvalue weighted by Crippen LogP contribution is 2.21. The summed E-state index contributed by atoms with van der Waals surface area (Å²) in [4.78, 5) is 11.0. The number of rotatable bonds is 9. The minimum atomic E-state index is -0.153. The Bertz CT molecular complexity index is 395. The number of carbonyl (C=O) groups is 1. The van der Waals surface area contributed by atoms with E-state index >= 15 is 0 Å². The van der Waals surface area contributed by atoms with Gasteiger partial charge in [0.05, 0.1) is 20.1 Å². The Balaban J connectivity index is 2.43. The van der Waals surface area contributed by atoms with Crippen molar-refractivity contribution in [3.63, 3.8) is 0 Å². The van der Waals surface area contributed by atoms with E-state index in [9.17, 15) is 4.79 Å². The molecule has 0 aliphatic carbocycles. The summed E-state index contributed by atoms with van der Waals surface area (Å²) in [5.41, 5.74) is 1.22. The number of hydrogen-bond acceptors (Lipinski definition) is 5. The van der Waals surface area contributed by atoms with E-state index in [2.05, 4.69) is 22.2 Å². The van der Waals surface area contributed by atoms with E-state index in [0.29, 0.717) is 13.0 Å². The largest absolute Gasteiger partial charge is 0.494 e. The van der Waals surface area contributed by atoms with Crippen molar-refractivity contribution in [1.29, 1.82) is 0 Å². The third kappa shape index (κ3) is 5.84. The summed E-state index contributed by atoms with van der Waals surface area (Å²) >= 11 is 1.74. The Kier molecular flexibility index (Phi) is 8.14. The number of hydrogen-bond donors (Lipinski definition) is 1. The topological polar surface area (TPSA) is 47.6 Å². The fourth-order valence-electron chi connectivity index (χ4n) is 1.77. The second-order valence-electron chi connectivity index (χ2n) is 4.24. The molecule has 0 fully saturated rings. The van der Waals surface area contributed by atoms with Crippen molar-refractivity contribution in [2.75, 3.05) is 32.3 Å². The Morgan fingerprint density at radius 1 is 1.35 bits per heavy atom. The summed E-state index contributed by atoms with van der Waals surface area (Å²) in [5.74, 6) is 2.44. The Morgan fingerprint density at radius 3 is 2.60 bits per heavy atom. The van der Waals surface area contributed by atoms with Crippen LogP contribution in [0.5, 0.6) is 5.75 Å². The van der Waals surface area contributed by atoms with E-state index < -0.39 is 0 Å². The first-order valence-corrected chi connectivity index (χ1v) is 7.91. The van der Waals surface area contributed by atoms with Crippen molar-refractivity contribution in [2.24, 2.45) is 0 Å². The molecule has 0 aromatic heterocycles. The first-order valence-electron chi connectivity index (χ1n) is 6.75. The van der Waals surface area contributed by atoms with E-state index in [-0.39, 0.29) is 12.0 Å². The first kappa shape index (κ1) is 16.9. The smallest absolute Gasteiger partial charge is 0.306 e. The van der Waals surface area contributed by atoms with Crippen molar-refractivity contribution in [2.45, 2.75) is 19.4 Å². The lowest BCUT2D eigenvalue weighted by atomic mass is 10.1. The molecule has 0 aliphatic heterocycles. The van der Waals surface area contributed by atoms with Crippen LogP contribution in [0.25, 0.3) is 0 Å². The molecule has 0 heterocycles. The maximum Gasteiger partial charge on any atom is 0.306 e. The van der Waals surface area contributed by atoms with Gasteiger partial charge in [-0.3, -0.25) is 4.79 Å². The lowest BCUT2D eigenvalue weighted by molar-refractivity contribution is -0.140. The van der Waals surface area contributed by atoms with Crippen LogP contribution in [0.15, 0.2) is 24.3 Å². The molecule has 112 valence electrons. The summed E-state index contributed by atoms with van der Waals surface area (Å²) in [6.07, 6.45) is 0.459.